The molecule has 5 heteroatoms. The number of urea groups is 1. The molecular weight excluding hydrogens is 360 g/mol. The van der Waals surface area contributed by atoms with E-state index < -0.39 is 0 Å². The number of carbonyl (C=O) groups is 1. The summed E-state index contributed by atoms with van der Waals surface area (Å²) in [5, 5.41) is 14.9. The van der Waals surface area contributed by atoms with Crippen molar-refractivity contribution in [2.24, 2.45) is 0 Å². The van der Waals surface area contributed by atoms with Gasteiger partial charge in [-0.3, -0.25) is 4.90 Å². The summed E-state index contributed by atoms with van der Waals surface area (Å²) in [6.07, 6.45) is 5.70. The number of hydrogen-bond acceptors (Lipinski definition) is 3. The second kappa shape index (κ2) is 8.67. The zero-order valence-electron chi connectivity index (χ0n) is 16.9. The average molecular weight is 389 g/mol. The highest BCUT2D eigenvalue weighted by molar-refractivity contribution is 5.89. The molecule has 2 unspecified atom stereocenters. The molecule has 5 nitrogen and oxygen atoms in total. The van der Waals surface area contributed by atoms with Crippen LogP contribution in [0, 0.1) is 18.3 Å². The summed E-state index contributed by atoms with van der Waals surface area (Å²) < 4.78 is 0. The molecule has 0 aliphatic carbocycles. The van der Waals surface area contributed by atoms with Gasteiger partial charge in [0.15, 0.2) is 0 Å². The van der Waals surface area contributed by atoms with E-state index in [0.717, 1.165) is 19.4 Å². The fraction of sp³-hybridized carbons (Fsp3) is 0.417. The molecule has 2 amide bonds. The van der Waals surface area contributed by atoms with E-state index in [0.29, 0.717) is 23.3 Å². The number of nitrogens with one attached hydrogen (secondary N) is 2. The minimum atomic E-state index is -0.162. The van der Waals surface area contributed by atoms with Crippen LogP contribution in [0.15, 0.2) is 48.5 Å². The Bertz CT molecular complexity index is 871. The fourth-order valence-electron chi connectivity index (χ4n) is 4.74. The molecule has 0 spiro atoms. The third-order valence-electron chi connectivity index (χ3n) is 6.22. The number of nitriles is 1. The number of rotatable bonds is 4. The molecule has 2 aromatic rings. The lowest BCUT2D eigenvalue weighted by Crippen LogP contribution is -2.56. The van der Waals surface area contributed by atoms with Crippen molar-refractivity contribution in [2.45, 2.75) is 63.7 Å². The summed E-state index contributed by atoms with van der Waals surface area (Å²) in [5.74, 6) is 0. The van der Waals surface area contributed by atoms with Gasteiger partial charge >= 0.3 is 6.03 Å². The first-order chi connectivity index (χ1) is 14.1. The summed E-state index contributed by atoms with van der Waals surface area (Å²) >= 11 is 0. The Morgan fingerprint density at radius 1 is 1.07 bits per heavy atom. The molecule has 150 valence electrons. The summed E-state index contributed by atoms with van der Waals surface area (Å²) in [7, 11) is 0. The fourth-order valence-corrected chi connectivity index (χ4v) is 4.74. The van der Waals surface area contributed by atoms with Crippen molar-refractivity contribution in [3.8, 4) is 6.07 Å². The molecule has 2 aliphatic rings. The first kappa shape index (κ1) is 19.5. The molecular formula is C24H28N4O. The van der Waals surface area contributed by atoms with E-state index in [9.17, 15) is 4.79 Å². The highest BCUT2D eigenvalue weighted by atomic mass is 16.2. The van der Waals surface area contributed by atoms with E-state index in [-0.39, 0.29) is 12.1 Å². The van der Waals surface area contributed by atoms with Crippen molar-refractivity contribution in [3.05, 3.63) is 65.2 Å². The third kappa shape index (κ3) is 4.78. The first-order valence-electron chi connectivity index (χ1n) is 10.5. The number of aryl methyl sites for hydroxylation is 1. The van der Waals surface area contributed by atoms with Gasteiger partial charge in [0.25, 0.3) is 0 Å². The van der Waals surface area contributed by atoms with Gasteiger partial charge in [-0.1, -0.05) is 36.2 Å². The molecule has 2 saturated heterocycles. The minimum Gasteiger partial charge on any atom is -0.335 e. The maximum Gasteiger partial charge on any atom is 0.319 e. The Balaban J connectivity index is 1.34. The lowest BCUT2D eigenvalue weighted by Gasteiger charge is -2.49. The standard InChI is InChI=1S/C24H28N4O/c1-17-5-7-19(8-6-17)16-28-22-3-2-4-23(28)14-21(13-22)27-24(29)26-20-11-9-18(15-25)10-12-20/h5-12,21-23H,2-4,13-14,16H2,1H3,(H2,26,27,29). The van der Waals surface area contributed by atoms with Crippen LogP contribution in [-0.2, 0) is 6.54 Å². The molecule has 2 heterocycles. The highest BCUT2D eigenvalue weighted by Crippen LogP contribution is 2.35. The van der Waals surface area contributed by atoms with Crippen LogP contribution in [0.1, 0.15) is 48.8 Å². The molecule has 2 fully saturated rings. The quantitative estimate of drug-likeness (QED) is 0.806. The van der Waals surface area contributed by atoms with E-state index in [4.69, 9.17) is 5.26 Å². The number of fused-ring (bicyclic) bond motifs is 2. The van der Waals surface area contributed by atoms with Crippen molar-refractivity contribution in [2.75, 3.05) is 5.32 Å². The number of amides is 2. The van der Waals surface area contributed by atoms with Crippen LogP contribution in [0.5, 0.6) is 0 Å². The van der Waals surface area contributed by atoms with E-state index in [2.05, 4.69) is 52.8 Å². The number of nitrogens with zero attached hydrogens (tertiary/aromatic N) is 2. The number of anilines is 1. The van der Waals surface area contributed by atoms with E-state index in [1.807, 2.05) is 0 Å². The van der Waals surface area contributed by atoms with E-state index in [1.54, 1.807) is 24.3 Å². The zero-order valence-corrected chi connectivity index (χ0v) is 16.9. The third-order valence-corrected chi connectivity index (χ3v) is 6.22. The van der Waals surface area contributed by atoms with Gasteiger partial charge < -0.3 is 10.6 Å². The Labute approximate surface area is 172 Å². The van der Waals surface area contributed by atoms with Gasteiger partial charge in [-0.2, -0.15) is 5.26 Å². The first-order valence-corrected chi connectivity index (χ1v) is 10.5. The van der Waals surface area contributed by atoms with Gasteiger partial charge in [0, 0.05) is 30.4 Å². The molecule has 0 radical (unpaired) electrons. The average Bonchev–Trinajstić information content (AvgIpc) is 2.71. The molecule has 2 atom stereocenters. The summed E-state index contributed by atoms with van der Waals surface area (Å²) in [5.41, 5.74) is 3.96. The van der Waals surface area contributed by atoms with E-state index >= 15 is 0 Å². The number of carbonyl (C=O) groups excluding carboxylic acids is 1. The van der Waals surface area contributed by atoms with Crippen LogP contribution in [0.3, 0.4) is 0 Å². The second-order valence-corrected chi connectivity index (χ2v) is 8.35. The van der Waals surface area contributed by atoms with Gasteiger partial charge in [0.1, 0.15) is 0 Å². The molecule has 2 aromatic carbocycles. The molecule has 2 bridgehead atoms. The van der Waals surface area contributed by atoms with Crippen molar-refractivity contribution < 1.29 is 4.79 Å². The SMILES string of the molecule is Cc1ccc(CN2C3CCCC2CC(NC(=O)Nc2ccc(C#N)cc2)C3)cc1. The Kier molecular flexibility index (Phi) is 5.82. The molecule has 2 N–H and O–H groups in total. The van der Waals surface area contributed by atoms with Crippen LogP contribution in [0.4, 0.5) is 10.5 Å². The lowest BCUT2D eigenvalue weighted by molar-refractivity contribution is 0.0200. The molecule has 0 aromatic heterocycles. The van der Waals surface area contributed by atoms with Crippen LogP contribution in [0.2, 0.25) is 0 Å². The van der Waals surface area contributed by atoms with Gasteiger partial charge in [0.2, 0.25) is 0 Å². The minimum absolute atomic E-state index is 0.162. The van der Waals surface area contributed by atoms with Gasteiger partial charge in [0.05, 0.1) is 11.6 Å². The second-order valence-electron chi connectivity index (χ2n) is 8.35. The van der Waals surface area contributed by atoms with E-state index in [1.165, 1.54) is 30.4 Å². The van der Waals surface area contributed by atoms with Crippen LogP contribution < -0.4 is 10.6 Å². The predicted molar refractivity (Wildman–Crippen MR) is 114 cm³/mol. The maximum absolute atomic E-state index is 12.5. The highest BCUT2D eigenvalue weighted by Gasteiger charge is 2.38. The monoisotopic (exact) mass is 388 g/mol. The number of hydrogen-bond donors (Lipinski definition) is 2. The maximum atomic E-state index is 12.5. The molecule has 29 heavy (non-hydrogen) atoms. The van der Waals surface area contributed by atoms with Crippen LogP contribution in [0.25, 0.3) is 0 Å². The zero-order chi connectivity index (χ0) is 20.2. The molecule has 0 saturated carbocycles. The van der Waals surface area contributed by atoms with Gasteiger partial charge in [-0.25, -0.2) is 4.79 Å². The Hall–Kier alpha value is -2.84. The van der Waals surface area contributed by atoms with Gasteiger partial charge in [-0.15, -0.1) is 0 Å². The van der Waals surface area contributed by atoms with Crippen molar-refractivity contribution in [1.29, 1.82) is 5.26 Å². The topological polar surface area (TPSA) is 68.2 Å². The summed E-state index contributed by atoms with van der Waals surface area (Å²) in [6, 6.07) is 19.0. The van der Waals surface area contributed by atoms with Gasteiger partial charge in [-0.05, 0) is 62.4 Å². The van der Waals surface area contributed by atoms with Crippen LogP contribution in [-0.4, -0.2) is 29.1 Å². The van der Waals surface area contributed by atoms with Crippen molar-refractivity contribution in [3.63, 3.8) is 0 Å². The lowest BCUT2D eigenvalue weighted by atomic mass is 9.81. The van der Waals surface area contributed by atoms with Crippen LogP contribution >= 0.6 is 0 Å². The predicted octanol–water partition coefficient (Wildman–Crippen LogP) is 4.57. The summed E-state index contributed by atoms with van der Waals surface area (Å²) in [6.45, 7) is 3.12. The Morgan fingerprint density at radius 3 is 2.34 bits per heavy atom. The largest absolute Gasteiger partial charge is 0.335 e. The normalized spacial score (nSPS) is 23.8. The summed E-state index contributed by atoms with van der Waals surface area (Å²) in [4.78, 5) is 15.1. The Morgan fingerprint density at radius 2 is 1.72 bits per heavy atom. The molecule has 4 rings (SSSR count). The molecule has 2 aliphatic heterocycles. The number of benzene rings is 2. The number of piperidine rings is 2. The van der Waals surface area contributed by atoms with Crippen molar-refractivity contribution in [1.82, 2.24) is 10.2 Å². The smallest absolute Gasteiger partial charge is 0.319 e. The van der Waals surface area contributed by atoms with Crippen molar-refractivity contribution >= 4 is 11.7 Å².